The van der Waals surface area contributed by atoms with Gasteiger partial charge in [0.1, 0.15) is 0 Å². The highest BCUT2D eigenvalue weighted by Crippen LogP contribution is 2.35. The molecule has 0 spiro atoms. The topological polar surface area (TPSA) is 3.24 Å². The molecule has 0 bridgehead atoms. The van der Waals surface area contributed by atoms with Crippen LogP contribution < -0.4 is 0 Å². The zero-order valence-corrected chi connectivity index (χ0v) is 10.2. The third-order valence-electron chi connectivity index (χ3n) is 3.76. The summed E-state index contributed by atoms with van der Waals surface area (Å²) in [6.45, 7) is 6.90. The van der Waals surface area contributed by atoms with Crippen LogP contribution in [0.2, 0.25) is 0 Å². The normalized spacial score (nSPS) is 25.4. The van der Waals surface area contributed by atoms with E-state index in [-0.39, 0.29) is 18.5 Å². The minimum Gasteiger partial charge on any atom is -0.292 e. The van der Waals surface area contributed by atoms with Crippen LogP contribution in [-0.2, 0) is 0 Å². The van der Waals surface area contributed by atoms with E-state index in [0.29, 0.717) is 6.54 Å². The van der Waals surface area contributed by atoms with Gasteiger partial charge in [0.15, 0.2) is 0 Å². The lowest BCUT2D eigenvalue weighted by Crippen LogP contribution is -2.45. The maximum Gasteiger partial charge on any atom is 0.261 e. The van der Waals surface area contributed by atoms with E-state index in [1.165, 1.54) is 0 Å². The summed E-state index contributed by atoms with van der Waals surface area (Å²) in [4.78, 5) is 1.99. The molecule has 1 atom stereocenters. The van der Waals surface area contributed by atoms with Crippen molar-refractivity contribution in [2.75, 3.05) is 13.1 Å². The molecule has 1 nitrogen and oxygen atoms in total. The first kappa shape index (κ1) is 12.9. The van der Waals surface area contributed by atoms with Crippen molar-refractivity contribution in [2.45, 2.75) is 64.3 Å². The number of hydrogen-bond donors (Lipinski definition) is 0. The van der Waals surface area contributed by atoms with Crippen molar-refractivity contribution in [3.63, 3.8) is 0 Å². The van der Waals surface area contributed by atoms with Crippen LogP contribution in [0.25, 0.3) is 0 Å². The Hall–Kier alpha value is -0.180. The Balaban J connectivity index is 2.58. The minimum absolute atomic E-state index is 0.0179. The lowest BCUT2D eigenvalue weighted by molar-refractivity contribution is -0.00486. The number of likely N-dealkylation sites (tertiary alicyclic amines) is 1. The van der Waals surface area contributed by atoms with Crippen molar-refractivity contribution in [1.82, 2.24) is 4.90 Å². The monoisotopic (exact) mass is 219 g/mol. The molecule has 1 unspecified atom stereocenters. The molecule has 1 fully saturated rings. The molecule has 0 N–H and O–H groups in total. The lowest BCUT2D eigenvalue weighted by Gasteiger charge is -2.38. The van der Waals surface area contributed by atoms with E-state index in [0.717, 1.165) is 25.7 Å². The predicted molar refractivity (Wildman–Crippen MR) is 59.4 cm³/mol. The molecular weight excluding hydrogens is 196 g/mol. The minimum atomic E-state index is -2.46. The fraction of sp³-hybridized carbons (Fsp3) is 1.00. The zero-order chi connectivity index (χ0) is 11.5. The fourth-order valence-electron chi connectivity index (χ4n) is 2.31. The van der Waals surface area contributed by atoms with Crippen LogP contribution in [0.5, 0.6) is 0 Å². The average Bonchev–Trinajstić information content (AvgIpc) is 2.56. The second-order valence-corrected chi connectivity index (χ2v) is 4.98. The summed E-state index contributed by atoms with van der Waals surface area (Å²) < 4.78 is 26.3. The summed E-state index contributed by atoms with van der Waals surface area (Å²) in [7, 11) is 0. The van der Waals surface area contributed by atoms with E-state index in [9.17, 15) is 8.78 Å². The van der Waals surface area contributed by atoms with Gasteiger partial charge in [-0.15, -0.1) is 0 Å². The van der Waals surface area contributed by atoms with Gasteiger partial charge in [0.25, 0.3) is 5.92 Å². The predicted octanol–water partition coefficient (Wildman–Crippen LogP) is 3.69. The number of rotatable bonds is 5. The molecule has 1 rings (SSSR count). The molecule has 1 aliphatic rings. The summed E-state index contributed by atoms with van der Waals surface area (Å²) in [5.74, 6) is -2.46. The van der Waals surface area contributed by atoms with Crippen molar-refractivity contribution < 1.29 is 8.78 Å². The van der Waals surface area contributed by atoms with E-state index < -0.39 is 5.92 Å². The Kier molecular flexibility index (Phi) is 4.10. The molecule has 1 aliphatic heterocycles. The smallest absolute Gasteiger partial charge is 0.261 e. The lowest BCUT2D eigenvalue weighted by atomic mass is 9.90. The number of halogens is 2. The van der Waals surface area contributed by atoms with E-state index in [2.05, 4.69) is 20.8 Å². The van der Waals surface area contributed by atoms with Gasteiger partial charge in [0.05, 0.1) is 6.54 Å². The number of alkyl halides is 2. The molecule has 0 radical (unpaired) electrons. The zero-order valence-electron chi connectivity index (χ0n) is 10.2. The van der Waals surface area contributed by atoms with Crippen LogP contribution in [0.3, 0.4) is 0 Å². The van der Waals surface area contributed by atoms with Crippen LogP contribution in [-0.4, -0.2) is 29.5 Å². The Morgan fingerprint density at radius 3 is 2.40 bits per heavy atom. The first-order chi connectivity index (χ1) is 6.93. The molecule has 15 heavy (non-hydrogen) atoms. The van der Waals surface area contributed by atoms with E-state index >= 15 is 0 Å². The summed E-state index contributed by atoms with van der Waals surface area (Å²) in [6, 6.07) is 0. The van der Waals surface area contributed by atoms with Gasteiger partial charge in [-0.1, -0.05) is 26.7 Å². The molecule has 1 saturated heterocycles. The highest BCUT2D eigenvalue weighted by atomic mass is 19.3. The van der Waals surface area contributed by atoms with Crippen LogP contribution >= 0.6 is 0 Å². The number of hydrogen-bond acceptors (Lipinski definition) is 1. The fourth-order valence-corrected chi connectivity index (χ4v) is 2.31. The van der Waals surface area contributed by atoms with Crippen LogP contribution in [0.15, 0.2) is 0 Å². The van der Waals surface area contributed by atoms with Crippen molar-refractivity contribution in [3.05, 3.63) is 0 Å². The second-order valence-electron chi connectivity index (χ2n) is 4.98. The molecule has 90 valence electrons. The number of unbranched alkanes of at least 4 members (excludes halogenated alkanes) is 1. The van der Waals surface area contributed by atoms with Crippen molar-refractivity contribution >= 4 is 0 Å². The largest absolute Gasteiger partial charge is 0.292 e. The molecule has 0 aliphatic carbocycles. The molecule has 3 heteroatoms. The molecular formula is C12H23F2N. The van der Waals surface area contributed by atoms with E-state index in [4.69, 9.17) is 0 Å². The molecule has 0 saturated carbocycles. The first-order valence-electron chi connectivity index (χ1n) is 6.06. The SMILES string of the molecule is CCCCC(C)(CC)N1CCC(F)(F)C1. The highest BCUT2D eigenvalue weighted by molar-refractivity contribution is 4.93. The molecule has 0 aromatic rings. The van der Waals surface area contributed by atoms with Gasteiger partial charge in [-0.2, -0.15) is 0 Å². The maximum atomic E-state index is 13.1. The molecule has 0 amide bonds. The summed E-state index contributed by atoms with van der Waals surface area (Å²) in [5.41, 5.74) is -0.0179. The van der Waals surface area contributed by atoms with Crippen LogP contribution in [0.4, 0.5) is 8.78 Å². The van der Waals surface area contributed by atoms with Crippen LogP contribution in [0, 0.1) is 0 Å². The highest BCUT2D eigenvalue weighted by Gasteiger charge is 2.44. The van der Waals surface area contributed by atoms with Gasteiger partial charge in [-0.3, -0.25) is 4.90 Å². The second kappa shape index (κ2) is 4.77. The van der Waals surface area contributed by atoms with Crippen molar-refractivity contribution in [3.8, 4) is 0 Å². The Bertz CT molecular complexity index is 206. The molecule has 0 aromatic heterocycles. The third kappa shape index (κ3) is 3.13. The quantitative estimate of drug-likeness (QED) is 0.681. The summed E-state index contributed by atoms with van der Waals surface area (Å²) in [6.07, 6.45) is 4.31. The van der Waals surface area contributed by atoms with Gasteiger partial charge >= 0.3 is 0 Å². The Labute approximate surface area is 91.8 Å². The molecule has 0 aromatic carbocycles. The Morgan fingerprint density at radius 2 is 2.00 bits per heavy atom. The van der Waals surface area contributed by atoms with Gasteiger partial charge in [0, 0.05) is 18.5 Å². The maximum absolute atomic E-state index is 13.1. The van der Waals surface area contributed by atoms with Gasteiger partial charge in [-0.05, 0) is 19.8 Å². The standard InChI is InChI=1S/C12H23F2N/c1-4-6-7-11(3,5-2)15-9-8-12(13,14)10-15/h4-10H2,1-3H3. The van der Waals surface area contributed by atoms with E-state index in [1.807, 2.05) is 4.90 Å². The van der Waals surface area contributed by atoms with Crippen molar-refractivity contribution in [1.29, 1.82) is 0 Å². The summed E-state index contributed by atoms with van der Waals surface area (Å²) >= 11 is 0. The van der Waals surface area contributed by atoms with Crippen molar-refractivity contribution in [2.24, 2.45) is 0 Å². The van der Waals surface area contributed by atoms with E-state index in [1.54, 1.807) is 0 Å². The van der Waals surface area contributed by atoms with Gasteiger partial charge in [-0.25, -0.2) is 8.78 Å². The third-order valence-corrected chi connectivity index (χ3v) is 3.76. The van der Waals surface area contributed by atoms with Gasteiger partial charge in [0.2, 0.25) is 0 Å². The average molecular weight is 219 g/mol. The molecule has 1 heterocycles. The summed E-state index contributed by atoms with van der Waals surface area (Å²) in [5, 5.41) is 0. The Morgan fingerprint density at radius 1 is 1.33 bits per heavy atom. The first-order valence-corrected chi connectivity index (χ1v) is 6.06. The van der Waals surface area contributed by atoms with Gasteiger partial charge < -0.3 is 0 Å². The number of nitrogens with zero attached hydrogens (tertiary/aromatic N) is 1. The van der Waals surface area contributed by atoms with Crippen LogP contribution in [0.1, 0.15) is 52.9 Å².